The van der Waals surface area contributed by atoms with Gasteiger partial charge >= 0.3 is 0 Å². The van der Waals surface area contributed by atoms with E-state index in [1.807, 2.05) is 0 Å². The van der Waals surface area contributed by atoms with Crippen LogP contribution < -0.4 is 0 Å². The normalized spacial score (nSPS) is 12.7. The van der Waals surface area contributed by atoms with E-state index in [9.17, 15) is 21.2 Å². The lowest BCUT2D eigenvalue weighted by Crippen LogP contribution is -2.08. The maximum atomic E-state index is 13.3. The molecule has 0 atom stereocenters. The Hall–Kier alpha value is -0.660. The molecule has 4 nitrogen and oxygen atoms in total. The summed E-state index contributed by atoms with van der Waals surface area (Å²) in [6.07, 6.45) is 0.879. The minimum absolute atomic E-state index is 0.431. The summed E-state index contributed by atoms with van der Waals surface area (Å²) in [7, 11) is -2.63. The Kier molecular flexibility index (Phi) is 3.61. The average molecular weight is 287 g/mol. The van der Waals surface area contributed by atoms with Crippen molar-refractivity contribution in [1.82, 2.24) is 0 Å². The zero-order valence-electron chi connectivity index (χ0n) is 8.14. The fourth-order valence-electron chi connectivity index (χ4n) is 1.17. The minimum atomic E-state index is -4.16. The third-order valence-electron chi connectivity index (χ3n) is 1.75. The summed E-state index contributed by atoms with van der Waals surface area (Å²) in [4.78, 5) is -0.514. The molecule has 90 valence electrons. The van der Waals surface area contributed by atoms with Gasteiger partial charge in [0.25, 0.3) is 9.05 Å². The number of rotatable bonds is 3. The number of sulfone groups is 1. The molecule has 1 aromatic carbocycles. The van der Waals surface area contributed by atoms with Crippen LogP contribution in [0, 0.1) is 5.82 Å². The molecule has 0 fully saturated rings. The molecule has 1 aromatic rings. The Morgan fingerprint density at radius 1 is 1.25 bits per heavy atom. The zero-order chi connectivity index (χ0) is 12.6. The van der Waals surface area contributed by atoms with Crippen molar-refractivity contribution in [3.8, 4) is 0 Å². The van der Waals surface area contributed by atoms with E-state index in [2.05, 4.69) is 0 Å². The first-order valence-corrected chi connectivity index (χ1v) is 8.38. The molecule has 0 saturated carbocycles. The largest absolute Gasteiger partial charge is 0.261 e. The van der Waals surface area contributed by atoms with E-state index in [4.69, 9.17) is 10.7 Å². The van der Waals surface area contributed by atoms with Gasteiger partial charge in [-0.1, -0.05) is 6.07 Å². The first-order valence-electron chi connectivity index (χ1n) is 4.01. The summed E-state index contributed by atoms with van der Waals surface area (Å²) in [5, 5.41) is 0. The van der Waals surface area contributed by atoms with E-state index in [1.54, 1.807) is 0 Å². The highest BCUT2D eigenvalue weighted by molar-refractivity contribution is 8.13. The van der Waals surface area contributed by atoms with Gasteiger partial charge in [-0.3, -0.25) is 0 Å². The van der Waals surface area contributed by atoms with E-state index >= 15 is 0 Å². The molecule has 0 unspecified atom stereocenters. The highest BCUT2D eigenvalue weighted by Crippen LogP contribution is 2.24. The van der Waals surface area contributed by atoms with Gasteiger partial charge in [0.15, 0.2) is 9.84 Å². The summed E-state index contributed by atoms with van der Waals surface area (Å²) >= 11 is 0. The van der Waals surface area contributed by atoms with E-state index in [0.29, 0.717) is 0 Å². The molecule has 0 spiro atoms. The molecule has 0 radical (unpaired) electrons. The Bertz CT molecular complexity index is 607. The fraction of sp³-hybridized carbons (Fsp3) is 0.250. The third-order valence-corrected chi connectivity index (χ3v) is 3.96. The highest BCUT2D eigenvalue weighted by atomic mass is 35.7. The second-order valence-electron chi connectivity index (χ2n) is 3.22. The Labute approximate surface area is 97.4 Å². The van der Waals surface area contributed by atoms with Gasteiger partial charge in [-0.25, -0.2) is 21.2 Å². The van der Waals surface area contributed by atoms with Gasteiger partial charge in [0.05, 0.1) is 10.6 Å². The number of hydrogen-bond donors (Lipinski definition) is 0. The second-order valence-corrected chi connectivity index (χ2v) is 7.90. The molecule has 0 aromatic heterocycles. The van der Waals surface area contributed by atoms with E-state index in [0.717, 1.165) is 24.5 Å². The fourth-order valence-corrected chi connectivity index (χ4v) is 3.22. The lowest BCUT2D eigenvalue weighted by molar-refractivity contribution is 0.584. The molecule has 0 N–H and O–H groups in total. The van der Waals surface area contributed by atoms with Crippen LogP contribution in [0.2, 0.25) is 0 Å². The van der Waals surface area contributed by atoms with Crippen molar-refractivity contribution in [3.63, 3.8) is 0 Å². The predicted molar refractivity (Wildman–Crippen MR) is 58.0 cm³/mol. The summed E-state index contributed by atoms with van der Waals surface area (Å²) in [5.41, 5.74) is -0.431. The van der Waals surface area contributed by atoms with Gasteiger partial charge in [-0.05, 0) is 12.1 Å². The maximum Gasteiger partial charge on any atom is 0.261 e. The number of benzene rings is 1. The molecule has 1 rings (SSSR count). The summed E-state index contributed by atoms with van der Waals surface area (Å²) in [6, 6.07) is 3.19. The molecular formula is C8H8ClFO4S2. The lowest BCUT2D eigenvalue weighted by Gasteiger charge is -2.06. The molecule has 0 aliphatic rings. The monoisotopic (exact) mass is 286 g/mol. The third kappa shape index (κ3) is 3.43. The standard InChI is InChI=1S/C8H8ClFO4S2/c1-15(11,12)5-6-7(10)3-2-4-8(6)16(9,13)14/h2-4H,5H2,1H3. The average Bonchev–Trinajstić information content (AvgIpc) is 2.04. The van der Waals surface area contributed by atoms with E-state index < -0.39 is 40.9 Å². The van der Waals surface area contributed by atoms with Crippen molar-refractivity contribution in [1.29, 1.82) is 0 Å². The van der Waals surface area contributed by atoms with Crippen molar-refractivity contribution in [3.05, 3.63) is 29.6 Å². The molecule has 0 bridgehead atoms. The van der Waals surface area contributed by atoms with Crippen molar-refractivity contribution in [2.45, 2.75) is 10.6 Å². The molecule has 0 saturated heterocycles. The molecule has 0 aliphatic heterocycles. The summed E-state index contributed by atoms with van der Waals surface area (Å²) in [5.74, 6) is -1.62. The van der Waals surface area contributed by atoms with Gasteiger partial charge in [0, 0.05) is 22.5 Å². The second kappa shape index (κ2) is 4.31. The molecule has 8 heteroatoms. The van der Waals surface area contributed by atoms with Crippen LogP contribution in [-0.2, 0) is 24.6 Å². The van der Waals surface area contributed by atoms with Gasteiger partial charge in [0.2, 0.25) is 0 Å². The van der Waals surface area contributed by atoms with E-state index in [-0.39, 0.29) is 0 Å². The smallest absolute Gasteiger partial charge is 0.229 e. The topological polar surface area (TPSA) is 68.3 Å². The van der Waals surface area contributed by atoms with Crippen LogP contribution in [0.4, 0.5) is 4.39 Å². The van der Waals surface area contributed by atoms with Crippen molar-refractivity contribution in [2.75, 3.05) is 6.26 Å². The summed E-state index contributed by atoms with van der Waals surface area (Å²) in [6.45, 7) is 0. The van der Waals surface area contributed by atoms with Crippen molar-refractivity contribution < 1.29 is 21.2 Å². The SMILES string of the molecule is CS(=O)(=O)Cc1c(F)cccc1S(=O)(=O)Cl. The molecular weight excluding hydrogens is 279 g/mol. The van der Waals surface area contributed by atoms with Crippen LogP contribution in [0.3, 0.4) is 0 Å². The van der Waals surface area contributed by atoms with Crippen molar-refractivity contribution >= 4 is 29.6 Å². The highest BCUT2D eigenvalue weighted by Gasteiger charge is 2.21. The molecule has 0 heterocycles. The van der Waals surface area contributed by atoms with Crippen LogP contribution in [-0.4, -0.2) is 23.1 Å². The van der Waals surface area contributed by atoms with Crippen molar-refractivity contribution in [2.24, 2.45) is 0 Å². The Morgan fingerprint density at radius 3 is 2.25 bits per heavy atom. The predicted octanol–water partition coefficient (Wildman–Crippen LogP) is 1.30. The van der Waals surface area contributed by atoms with E-state index in [1.165, 1.54) is 0 Å². The van der Waals surface area contributed by atoms with Crippen LogP contribution in [0.1, 0.15) is 5.56 Å². The van der Waals surface area contributed by atoms with Gasteiger partial charge in [0.1, 0.15) is 5.82 Å². The molecule has 16 heavy (non-hydrogen) atoms. The maximum absolute atomic E-state index is 13.3. The Morgan fingerprint density at radius 2 is 1.81 bits per heavy atom. The molecule has 0 amide bonds. The summed E-state index contributed by atoms with van der Waals surface area (Å²) < 4.78 is 57.6. The Balaban J connectivity index is 3.48. The lowest BCUT2D eigenvalue weighted by atomic mass is 10.2. The zero-order valence-corrected chi connectivity index (χ0v) is 10.5. The molecule has 0 aliphatic carbocycles. The van der Waals surface area contributed by atoms with Gasteiger partial charge < -0.3 is 0 Å². The first kappa shape index (κ1) is 13.4. The van der Waals surface area contributed by atoms with Crippen LogP contribution in [0.5, 0.6) is 0 Å². The quantitative estimate of drug-likeness (QED) is 0.786. The number of halogens is 2. The van der Waals surface area contributed by atoms with Gasteiger partial charge in [-0.15, -0.1) is 0 Å². The van der Waals surface area contributed by atoms with Crippen LogP contribution >= 0.6 is 10.7 Å². The van der Waals surface area contributed by atoms with Crippen LogP contribution in [0.25, 0.3) is 0 Å². The first-order chi connectivity index (χ1) is 7.11. The minimum Gasteiger partial charge on any atom is -0.229 e. The van der Waals surface area contributed by atoms with Crippen LogP contribution in [0.15, 0.2) is 23.1 Å². The number of hydrogen-bond acceptors (Lipinski definition) is 4. The van der Waals surface area contributed by atoms with Gasteiger partial charge in [-0.2, -0.15) is 0 Å².